The molecule has 0 rings (SSSR count). The number of esters is 3. The van der Waals surface area contributed by atoms with Gasteiger partial charge in [-0.2, -0.15) is 0 Å². The zero-order valence-corrected chi connectivity index (χ0v) is 51.3. The average molecular weight is 1120 g/mol. The van der Waals surface area contributed by atoms with Gasteiger partial charge >= 0.3 is 25.7 Å². The molecule has 454 valence electrons. The summed E-state index contributed by atoms with van der Waals surface area (Å²) in [6.07, 6.45) is 67.3. The number of aliphatic hydroxyl groups excluding tert-OH is 1. The molecule has 12 heteroatoms. The Morgan fingerprint density at radius 2 is 0.628 bits per heavy atom. The van der Waals surface area contributed by atoms with Gasteiger partial charge in [-0.05, 0) is 109 Å². The minimum atomic E-state index is -4.76. The van der Waals surface area contributed by atoms with Gasteiger partial charge in [0.1, 0.15) is 12.7 Å². The second-order valence-corrected chi connectivity index (χ2v) is 23.0. The molecule has 0 amide bonds. The molecular weight excluding hydrogens is 1000 g/mol. The standard InChI is InChI=1S/C66H119O11P/c1-4-7-10-13-16-19-22-25-28-30-31-33-36-39-42-45-48-51-54-57-66(70)77-63(59-73-64(68)55-52-49-46-43-40-37-34-27-24-21-18-15-12-9-6-3)61-75-78(71,72)74-60-62(58-67)76-65(69)56-53-50-47-44-41-38-35-32-29-26-23-20-17-14-11-8-5-2/h17-18,20-21,25-29,34,62-63,67H,4-16,19,22-24,30-33,35-61H2,1-3H3,(H,71,72)/b20-17-,21-18-,28-25-,29-26-,34-27-. The summed E-state index contributed by atoms with van der Waals surface area (Å²) in [5, 5.41) is 9.85. The quantitative estimate of drug-likeness (QED) is 0.0197. The largest absolute Gasteiger partial charge is 0.472 e. The lowest BCUT2D eigenvalue weighted by molar-refractivity contribution is -0.161. The molecule has 0 saturated carbocycles. The maximum absolute atomic E-state index is 13.0. The molecule has 0 saturated heterocycles. The van der Waals surface area contributed by atoms with Gasteiger partial charge in [-0.15, -0.1) is 0 Å². The maximum atomic E-state index is 13.0. The lowest BCUT2D eigenvalue weighted by Gasteiger charge is -2.21. The smallest absolute Gasteiger partial charge is 0.462 e. The summed E-state index contributed by atoms with van der Waals surface area (Å²) in [6.45, 7) is 4.61. The predicted molar refractivity (Wildman–Crippen MR) is 325 cm³/mol. The fourth-order valence-electron chi connectivity index (χ4n) is 8.94. The van der Waals surface area contributed by atoms with E-state index in [9.17, 15) is 28.9 Å². The summed E-state index contributed by atoms with van der Waals surface area (Å²) in [5.41, 5.74) is 0. The van der Waals surface area contributed by atoms with Gasteiger partial charge in [-0.1, -0.05) is 236 Å². The first-order valence-corrected chi connectivity index (χ1v) is 33.7. The number of allylic oxidation sites excluding steroid dienone is 10. The molecule has 0 aliphatic rings. The number of phosphoric acid groups is 1. The number of hydrogen-bond acceptors (Lipinski definition) is 10. The van der Waals surface area contributed by atoms with Crippen LogP contribution in [0.25, 0.3) is 0 Å². The van der Waals surface area contributed by atoms with Crippen molar-refractivity contribution in [1.82, 2.24) is 0 Å². The van der Waals surface area contributed by atoms with Crippen molar-refractivity contribution in [2.24, 2.45) is 0 Å². The van der Waals surface area contributed by atoms with E-state index in [-0.39, 0.29) is 25.9 Å². The minimum absolute atomic E-state index is 0.162. The number of unbranched alkanes of at least 4 members (excludes halogenated alkanes) is 33. The minimum Gasteiger partial charge on any atom is -0.462 e. The van der Waals surface area contributed by atoms with Crippen LogP contribution in [-0.4, -0.2) is 66.5 Å². The first kappa shape index (κ1) is 75.2. The van der Waals surface area contributed by atoms with Crippen LogP contribution in [0, 0.1) is 0 Å². The van der Waals surface area contributed by atoms with Gasteiger partial charge in [-0.3, -0.25) is 23.4 Å². The van der Waals surface area contributed by atoms with Gasteiger partial charge in [0.25, 0.3) is 0 Å². The van der Waals surface area contributed by atoms with Crippen LogP contribution in [-0.2, 0) is 42.2 Å². The van der Waals surface area contributed by atoms with Gasteiger partial charge in [-0.25, -0.2) is 4.57 Å². The molecule has 0 aliphatic heterocycles. The Morgan fingerprint density at radius 1 is 0.359 bits per heavy atom. The highest BCUT2D eigenvalue weighted by Gasteiger charge is 2.28. The van der Waals surface area contributed by atoms with E-state index >= 15 is 0 Å². The first-order chi connectivity index (χ1) is 38.2. The lowest BCUT2D eigenvalue weighted by Crippen LogP contribution is -2.30. The normalized spacial score (nSPS) is 13.7. The van der Waals surface area contributed by atoms with Crippen LogP contribution < -0.4 is 0 Å². The first-order valence-electron chi connectivity index (χ1n) is 32.2. The second kappa shape index (κ2) is 60.3. The molecule has 0 fully saturated rings. The highest BCUT2D eigenvalue weighted by Crippen LogP contribution is 2.43. The zero-order chi connectivity index (χ0) is 56.9. The molecule has 0 radical (unpaired) electrons. The van der Waals surface area contributed by atoms with Gasteiger partial charge in [0.15, 0.2) is 6.10 Å². The molecule has 3 atom stereocenters. The Balaban J connectivity index is 4.70. The van der Waals surface area contributed by atoms with E-state index in [0.29, 0.717) is 19.3 Å². The zero-order valence-electron chi connectivity index (χ0n) is 50.4. The Hall–Kier alpha value is -2.82. The third-order valence-corrected chi connectivity index (χ3v) is 14.8. The summed E-state index contributed by atoms with van der Waals surface area (Å²) in [4.78, 5) is 48.7. The lowest BCUT2D eigenvalue weighted by atomic mass is 10.1. The Labute approximate surface area is 478 Å². The number of aliphatic hydroxyl groups is 1. The number of carbonyl (C=O) groups is 3. The van der Waals surface area contributed by atoms with Crippen LogP contribution in [0.2, 0.25) is 0 Å². The van der Waals surface area contributed by atoms with Gasteiger partial charge in [0.05, 0.1) is 19.8 Å². The number of hydrogen-bond donors (Lipinski definition) is 2. The molecule has 0 aliphatic carbocycles. The van der Waals surface area contributed by atoms with E-state index in [1.807, 2.05) is 0 Å². The fourth-order valence-corrected chi connectivity index (χ4v) is 9.73. The summed E-state index contributed by atoms with van der Waals surface area (Å²) < 4.78 is 39.7. The van der Waals surface area contributed by atoms with Crippen molar-refractivity contribution in [2.45, 2.75) is 315 Å². The van der Waals surface area contributed by atoms with Crippen LogP contribution in [0.3, 0.4) is 0 Å². The molecule has 0 aromatic rings. The van der Waals surface area contributed by atoms with E-state index in [0.717, 1.165) is 103 Å². The van der Waals surface area contributed by atoms with Crippen molar-refractivity contribution < 1.29 is 52.2 Å². The van der Waals surface area contributed by atoms with Crippen molar-refractivity contribution in [2.75, 3.05) is 26.4 Å². The Morgan fingerprint density at radius 3 is 0.987 bits per heavy atom. The predicted octanol–water partition coefficient (Wildman–Crippen LogP) is 19.5. The third-order valence-electron chi connectivity index (χ3n) is 13.9. The van der Waals surface area contributed by atoms with Crippen molar-refractivity contribution in [3.63, 3.8) is 0 Å². The molecule has 0 aromatic heterocycles. The SMILES string of the molecule is CCCCC/C=C\C/C=C\CCCCCCCCCC(=O)OC(CO)COP(=O)(O)OCC(COC(=O)CCCCCCC/C=C\C/C=C\CCCCC)OC(=O)CCCCCCCCCCC/C=C\CCCCCCCC. The molecule has 3 unspecified atom stereocenters. The fraction of sp³-hybridized carbons (Fsp3) is 0.803. The van der Waals surface area contributed by atoms with Crippen molar-refractivity contribution >= 4 is 25.7 Å². The maximum Gasteiger partial charge on any atom is 0.472 e. The number of ether oxygens (including phenoxy) is 3. The molecule has 0 spiro atoms. The van der Waals surface area contributed by atoms with E-state index in [4.69, 9.17) is 23.3 Å². The van der Waals surface area contributed by atoms with Crippen molar-refractivity contribution in [3.05, 3.63) is 60.8 Å². The summed E-state index contributed by atoms with van der Waals surface area (Å²) in [6, 6.07) is 0. The topological polar surface area (TPSA) is 155 Å². The molecule has 2 N–H and O–H groups in total. The number of carbonyl (C=O) groups excluding carboxylic acids is 3. The van der Waals surface area contributed by atoms with Crippen LogP contribution >= 0.6 is 7.82 Å². The highest BCUT2D eigenvalue weighted by atomic mass is 31.2. The summed E-state index contributed by atoms with van der Waals surface area (Å²) in [5.74, 6) is -1.48. The number of rotatable bonds is 60. The van der Waals surface area contributed by atoms with Crippen LogP contribution in [0.5, 0.6) is 0 Å². The molecule has 0 heterocycles. The molecule has 0 bridgehead atoms. The summed E-state index contributed by atoms with van der Waals surface area (Å²) in [7, 11) is -4.76. The second-order valence-electron chi connectivity index (χ2n) is 21.6. The summed E-state index contributed by atoms with van der Waals surface area (Å²) >= 11 is 0. The third kappa shape index (κ3) is 57.9. The molecule has 0 aromatic carbocycles. The van der Waals surface area contributed by atoms with Crippen LogP contribution in [0.1, 0.15) is 303 Å². The van der Waals surface area contributed by atoms with Crippen molar-refractivity contribution in [1.29, 1.82) is 0 Å². The Bertz CT molecular complexity index is 1540. The van der Waals surface area contributed by atoms with Crippen LogP contribution in [0.4, 0.5) is 0 Å². The Kier molecular flexibility index (Phi) is 58.1. The van der Waals surface area contributed by atoms with Crippen molar-refractivity contribution in [3.8, 4) is 0 Å². The molecule has 78 heavy (non-hydrogen) atoms. The van der Waals surface area contributed by atoms with Gasteiger partial charge < -0.3 is 24.2 Å². The van der Waals surface area contributed by atoms with Gasteiger partial charge in [0.2, 0.25) is 0 Å². The van der Waals surface area contributed by atoms with Gasteiger partial charge in [0, 0.05) is 19.3 Å². The van der Waals surface area contributed by atoms with E-state index in [2.05, 4.69) is 81.5 Å². The molecular formula is C66H119O11P. The van der Waals surface area contributed by atoms with E-state index in [1.54, 1.807) is 0 Å². The van der Waals surface area contributed by atoms with Crippen LogP contribution in [0.15, 0.2) is 60.8 Å². The average Bonchev–Trinajstić information content (AvgIpc) is 3.43. The number of phosphoric ester groups is 1. The van der Waals surface area contributed by atoms with E-state index in [1.165, 1.54) is 141 Å². The highest BCUT2D eigenvalue weighted by molar-refractivity contribution is 7.47. The molecule has 11 nitrogen and oxygen atoms in total. The van der Waals surface area contributed by atoms with E-state index < -0.39 is 57.8 Å². The monoisotopic (exact) mass is 1120 g/mol.